The van der Waals surface area contributed by atoms with Crippen LogP contribution in [0.15, 0.2) is 97.5 Å². The Hall–Kier alpha value is -5.48. The van der Waals surface area contributed by atoms with E-state index in [1.54, 1.807) is 26.6 Å². The zero-order chi connectivity index (χ0) is 33.2. The highest BCUT2D eigenvalue weighted by molar-refractivity contribution is 6.10. The standard InChI is InChI=1S/C38H38FN7O2/c1-40-38(47)30-21-42-37(46(22-25-10-6-4-7-11-25)23-26-12-8-5-9-13-26)35-29(30)20-32(43-35)34-31(39)18-27(36-41-15-17-44(36)2)19-33(34)45-16-14-28(24-45)48-3/h4-13,15,17-21,28,43H,14,16,22-24H2,1-3H3,(H,40,47)/t28-/m1/s1. The van der Waals surface area contributed by atoms with Crippen LogP contribution < -0.4 is 15.1 Å². The summed E-state index contributed by atoms with van der Waals surface area (Å²) in [5.41, 5.74) is 5.70. The normalized spacial score (nSPS) is 14.5. The van der Waals surface area contributed by atoms with Gasteiger partial charge in [0.15, 0.2) is 5.82 Å². The smallest absolute Gasteiger partial charge is 0.253 e. The molecule has 10 heteroatoms. The van der Waals surface area contributed by atoms with Crippen molar-refractivity contribution in [2.45, 2.75) is 25.6 Å². The van der Waals surface area contributed by atoms with Gasteiger partial charge in [0.1, 0.15) is 11.6 Å². The molecular weight excluding hydrogens is 605 g/mol. The number of methoxy groups -OCH3 is 1. The van der Waals surface area contributed by atoms with Crippen molar-refractivity contribution in [3.63, 3.8) is 0 Å². The number of aryl methyl sites for hydroxylation is 1. The number of benzene rings is 3. The lowest BCUT2D eigenvalue weighted by Crippen LogP contribution is -2.24. The topological polar surface area (TPSA) is 91.3 Å². The second kappa shape index (κ2) is 13.3. The Balaban J connectivity index is 1.42. The van der Waals surface area contributed by atoms with Gasteiger partial charge in [-0.2, -0.15) is 0 Å². The number of amides is 1. The van der Waals surface area contributed by atoms with Crippen molar-refractivity contribution in [2.75, 3.05) is 37.0 Å². The van der Waals surface area contributed by atoms with E-state index in [1.165, 1.54) is 6.07 Å². The maximum absolute atomic E-state index is 16.6. The molecule has 2 N–H and O–H groups in total. The van der Waals surface area contributed by atoms with E-state index in [1.807, 2.05) is 66.3 Å². The zero-order valence-electron chi connectivity index (χ0n) is 27.3. The van der Waals surface area contributed by atoms with Crippen molar-refractivity contribution in [1.29, 1.82) is 0 Å². The number of pyridine rings is 1. The van der Waals surface area contributed by atoms with Crippen LogP contribution in [0.5, 0.6) is 0 Å². The van der Waals surface area contributed by atoms with Crippen LogP contribution in [-0.4, -0.2) is 58.8 Å². The highest BCUT2D eigenvalue weighted by atomic mass is 19.1. The maximum atomic E-state index is 16.6. The fourth-order valence-corrected chi connectivity index (χ4v) is 6.63. The van der Waals surface area contributed by atoms with Gasteiger partial charge < -0.3 is 29.4 Å². The summed E-state index contributed by atoms with van der Waals surface area (Å²) in [4.78, 5) is 30.4. The summed E-state index contributed by atoms with van der Waals surface area (Å²) in [6.45, 7) is 2.50. The van der Waals surface area contributed by atoms with E-state index in [2.05, 4.69) is 49.4 Å². The second-order valence-corrected chi connectivity index (χ2v) is 12.2. The van der Waals surface area contributed by atoms with E-state index < -0.39 is 0 Å². The highest BCUT2D eigenvalue weighted by Gasteiger charge is 2.29. The molecule has 6 aromatic rings. The van der Waals surface area contributed by atoms with E-state index in [4.69, 9.17) is 9.72 Å². The predicted molar refractivity (Wildman–Crippen MR) is 187 cm³/mol. The van der Waals surface area contributed by atoms with Crippen LogP contribution in [0.1, 0.15) is 27.9 Å². The first-order chi connectivity index (χ1) is 23.4. The average molecular weight is 644 g/mol. The minimum absolute atomic E-state index is 0.0422. The molecule has 1 atom stereocenters. The third-order valence-electron chi connectivity index (χ3n) is 9.09. The second-order valence-electron chi connectivity index (χ2n) is 12.2. The Labute approximate surface area is 279 Å². The maximum Gasteiger partial charge on any atom is 0.253 e. The Bertz CT molecular complexity index is 2020. The van der Waals surface area contributed by atoms with Gasteiger partial charge in [-0.25, -0.2) is 14.4 Å². The molecule has 0 aliphatic carbocycles. The summed E-state index contributed by atoms with van der Waals surface area (Å²) in [5.74, 6) is 0.686. The predicted octanol–water partition coefficient (Wildman–Crippen LogP) is 6.56. The van der Waals surface area contributed by atoms with Crippen LogP contribution in [0.25, 0.3) is 33.5 Å². The average Bonchev–Trinajstić information content (AvgIpc) is 3.88. The van der Waals surface area contributed by atoms with Crippen LogP contribution in [0.2, 0.25) is 0 Å². The molecular formula is C38H38FN7O2. The molecule has 3 aromatic heterocycles. The number of hydrogen-bond acceptors (Lipinski definition) is 6. The van der Waals surface area contributed by atoms with Crippen molar-refractivity contribution in [3.8, 4) is 22.6 Å². The van der Waals surface area contributed by atoms with Gasteiger partial charge in [0, 0.05) is 82.6 Å². The molecule has 1 aliphatic rings. The van der Waals surface area contributed by atoms with Gasteiger partial charge in [-0.1, -0.05) is 60.7 Å². The Morgan fingerprint density at radius 2 is 1.75 bits per heavy atom. The first-order valence-electron chi connectivity index (χ1n) is 16.1. The number of aromatic nitrogens is 4. The van der Waals surface area contributed by atoms with E-state index >= 15 is 4.39 Å². The number of imidazole rings is 1. The minimum Gasteiger partial charge on any atom is -0.380 e. The van der Waals surface area contributed by atoms with Gasteiger partial charge >= 0.3 is 0 Å². The summed E-state index contributed by atoms with van der Waals surface area (Å²) in [6.07, 6.45) is 6.05. The molecule has 0 spiro atoms. The Morgan fingerprint density at radius 3 is 2.35 bits per heavy atom. The number of fused-ring (bicyclic) bond motifs is 1. The van der Waals surface area contributed by atoms with Gasteiger partial charge in [-0.15, -0.1) is 0 Å². The van der Waals surface area contributed by atoms with E-state index in [0.29, 0.717) is 71.1 Å². The number of hydrogen-bond donors (Lipinski definition) is 2. The number of rotatable bonds is 10. The molecule has 48 heavy (non-hydrogen) atoms. The SMILES string of the molecule is CNC(=O)c1cnc(N(Cc2ccccc2)Cc2ccccc2)c2[nH]c(-c3c(F)cc(-c4nccn4C)cc3N3CC[C@@H](OC)C3)cc12. The van der Waals surface area contributed by atoms with E-state index in [0.717, 1.165) is 23.2 Å². The molecule has 0 bridgehead atoms. The lowest BCUT2D eigenvalue weighted by atomic mass is 10.0. The van der Waals surface area contributed by atoms with Crippen molar-refractivity contribution >= 4 is 28.3 Å². The monoisotopic (exact) mass is 643 g/mol. The summed E-state index contributed by atoms with van der Waals surface area (Å²) < 4.78 is 24.2. The fourth-order valence-electron chi connectivity index (χ4n) is 6.63. The van der Waals surface area contributed by atoms with Crippen molar-refractivity contribution in [2.24, 2.45) is 7.05 Å². The minimum atomic E-state index is -0.389. The quantitative estimate of drug-likeness (QED) is 0.176. The Morgan fingerprint density at radius 1 is 1.04 bits per heavy atom. The van der Waals surface area contributed by atoms with Crippen LogP contribution in [0.4, 0.5) is 15.9 Å². The number of anilines is 2. The molecule has 3 aromatic carbocycles. The molecule has 0 radical (unpaired) electrons. The molecule has 9 nitrogen and oxygen atoms in total. The van der Waals surface area contributed by atoms with Crippen LogP contribution in [-0.2, 0) is 24.9 Å². The third kappa shape index (κ3) is 6.02. The number of H-pyrrole nitrogens is 1. The number of nitrogens with one attached hydrogen (secondary N) is 2. The summed E-state index contributed by atoms with van der Waals surface area (Å²) >= 11 is 0. The summed E-state index contributed by atoms with van der Waals surface area (Å²) in [7, 11) is 5.21. The number of aromatic amines is 1. The molecule has 1 saturated heterocycles. The third-order valence-corrected chi connectivity index (χ3v) is 9.09. The van der Waals surface area contributed by atoms with Gasteiger partial charge in [-0.3, -0.25) is 4.79 Å². The molecule has 0 saturated carbocycles. The zero-order valence-corrected chi connectivity index (χ0v) is 27.3. The largest absolute Gasteiger partial charge is 0.380 e. The van der Waals surface area contributed by atoms with E-state index in [-0.39, 0.29) is 17.8 Å². The molecule has 4 heterocycles. The van der Waals surface area contributed by atoms with Gasteiger partial charge in [0.25, 0.3) is 5.91 Å². The lowest BCUT2D eigenvalue weighted by molar-refractivity contribution is 0.0964. The van der Waals surface area contributed by atoms with Crippen LogP contribution >= 0.6 is 0 Å². The molecule has 1 amide bonds. The fraction of sp³-hybridized carbons (Fsp3) is 0.237. The first kappa shape index (κ1) is 31.1. The number of halogens is 1. The molecule has 1 fully saturated rings. The van der Waals surface area contributed by atoms with Gasteiger partial charge in [0.2, 0.25) is 0 Å². The van der Waals surface area contributed by atoms with Crippen molar-refractivity contribution in [3.05, 3.63) is 120 Å². The molecule has 1 aliphatic heterocycles. The lowest BCUT2D eigenvalue weighted by Gasteiger charge is -2.25. The number of carbonyl (C=O) groups excluding carboxylic acids is 1. The Kier molecular flexibility index (Phi) is 8.65. The van der Waals surface area contributed by atoms with Gasteiger partial charge in [-0.05, 0) is 35.7 Å². The number of nitrogens with zero attached hydrogens (tertiary/aromatic N) is 5. The summed E-state index contributed by atoms with van der Waals surface area (Å²) in [5, 5.41) is 3.41. The van der Waals surface area contributed by atoms with Crippen molar-refractivity contribution in [1.82, 2.24) is 24.8 Å². The van der Waals surface area contributed by atoms with Crippen molar-refractivity contribution < 1.29 is 13.9 Å². The molecule has 0 unspecified atom stereocenters. The van der Waals surface area contributed by atoms with E-state index in [9.17, 15) is 4.79 Å². The van der Waals surface area contributed by atoms with Crippen LogP contribution in [0.3, 0.4) is 0 Å². The number of carbonyl (C=O) groups is 1. The summed E-state index contributed by atoms with van der Waals surface area (Å²) in [6, 6.07) is 25.8. The first-order valence-corrected chi connectivity index (χ1v) is 16.1. The highest BCUT2D eigenvalue weighted by Crippen LogP contribution is 2.41. The molecule has 7 rings (SSSR count). The number of ether oxygens (including phenoxy) is 1. The van der Waals surface area contributed by atoms with Gasteiger partial charge in [0.05, 0.1) is 28.4 Å². The molecule has 244 valence electrons. The van der Waals surface area contributed by atoms with Crippen LogP contribution in [0, 0.1) is 5.82 Å².